The molecule has 3 N–H and O–H groups in total. The van der Waals surface area contributed by atoms with E-state index in [0.717, 1.165) is 19.6 Å². The largest absolute Gasteiger partial charge is 0.379 e. The zero-order valence-corrected chi connectivity index (χ0v) is 11.8. The number of rotatable bonds is 6. The first-order valence-corrected chi connectivity index (χ1v) is 6.85. The minimum Gasteiger partial charge on any atom is -0.379 e. The Morgan fingerprint density at radius 3 is 2.86 bits per heavy atom. The molecule has 2 heterocycles. The van der Waals surface area contributed by atoms with Crippen molar-refractivity contribution in [3.8, 4) is 6.07 Å². The highest BCUT2D eigenvalue weighted by Crippen LogP contribution is 2.04. The van der Waals surface area contributed by atoms with Gasteiger partial charge in [0.2, 0.25) is 11.8 Å². The zero-order valence-electron chi connectivity index (χ0n) is 11.8. The molecule has 0 bridgehead atoms. The molecule has 0 aromatic carbocycles. The van der Waals surface area contributed by atoms with Crippen LogP contribution < -0.4 is 5.73 Å². The van der Waals surface area contributed by atoms with Crippen LogP contribution in [0.5, 0.6) is 0 Å². The van der Waals surface area contributed by atoms with Crippen LogP contribution in [0.1, 0.15) is 17.0 Å². The highest BCUT2D eigenvalue weighted by Gasteiger charge is 2.20. The van der Waals surface area contributed by atoms with Gasteiger partial charge in [-0.25, -0.2) is 0 Å². The predicted octanol–water partition coefficient (Wildman–Crippen LogP) is -0.925. The SMILES string of the molecule is N#CCCN(CCN1CCOCC1)C(=O)c1nc(N)n[nH]1. The zero-order chi connectivity index (χ0) is 15.1. The summed E-state index contributed by atoms with van der Waals surface area (Å²) in [5, 5.41) is 14.9. The van der Waals surface area contributed by atoms with Crippen LogP contribution in [0.15, 0.2) is 0 Å². The number of aromatic amines is 1. The summed E-state index contributed by atoms with van der Waals surface area (Å²) in [7, 11) is 0. The van der Waals surface area contributed by atoms with Gasteiger partial charge in [-0.2, -0.15) is 10.2 Å². The molecule has 0 unspecified atom stereocenters. The van der Waals surface area contributed by atoms with Gasteiger partial charge in [0.05, 0.1) is 25.7 Å². The van der Waals surface area contributed by atoms with Crippen LogP contribution in [0.3, 0.4) is 0 Å². The van der Waals surface area contributed by atoms with Crippen LogP contribution in [-0.4, -0.2) is 76.8 Å². The molecule has 0 radical (unpaired) electrons. The van der Waals surface area contributed by atoms with Crippen LogP contribution in [0.25, 0.3) is 0 Å². The predicted molar refractivity (Wildman–Crippen MR) is 74.2 cm³/mol. The van der Waals surface area contributed by atoms with Crippen molar-refractivity contribution in [3.63, 3.8) is 0 Å². The number of aromatic nitrogens is 3. The molecule has 1 amide bonds. The van der Waals surface area contributed by atoms with E-state index in [1.165, 1.54) is 0 Å². The molecular weight excluding hydrogens is 274 g/mol. The Kier molecular flexibility index (Phi) is 5.48. The van der Waals surface area contributed by atoms with Gasteiger partial charge in [0, 0.05) is 32.7 Å². The summed E-state index contributed by atoms with van der Waals surface area (Å²) < 4.78 is 5.29. The first-order valence-electron chi connectivity index (χ1n) is 6.85. The van der Waals surface area contributed by atoms with E-state index in [-0.39, 0.29) is 24.1 Å². The molecule has 1 aliphatic rings. The van der Waals surface area contributed by atoms with Crippen molar-refractivity contribution < 1.29 is 9.53 Å². The van der Waals surface area contributed by atoms with Gasteiger partial charge in [0.25, 0.3) is 5.91 Å². The quantitative estimate of drug-likeness (QED) is 0.694. The van der Waals surface area contributed by atoms with Gasteiger partial charge in [0.15, 0.2) is 0 Å². The van der Waals surface area contributed by atoms with E-state index < -0.39 is 0 Å². The maximum Gasteiger partial charge on any atom is 0.291 e. The first-order chi connectivity index (χ1) is 10.2. The highest BCUT2D eigenvalue weighted by atomic mass is 16.5. The Hall–Kier alpha value is -2.18. The van der Waals surface area contributed by atoms with Gasteiger partial charge >= 0.3 is 0 Å². The van der Waals surface area contributed by atoms with Crippen molar-refractivity contribution in [2.75, 3.05) is 51.7 Å². The maximum atomic E-state index is 12.3. The second kappa shape index (κ2) is 7.56. The second-order valence-corrected chi connectivity index (χ2v) is 4.70. The minimum absolute atomic E-state index is 0.0340. The molecule has 9 nitrogen and oxygen atoms in total. The number of amides is 1. The average molecular weight is 293 g/mol. The third-order valence-corrected chi connectivity index (χ3v) is 3.28. The number of nitriles is 1. The number of hydrogen-bond acceptors (Lipinski definition) is 7. The van der Waals surface area contributed by atoms with Crippen molar-refractivity contribution in [1.82, 2.24) is 25.0 Å². The lowest BCUT2D eigenvalue weighted by molar-refractivity contribution is 0.0325. The number of ether oxygens (including phenoxy) is 1. The Bertz CT molecular complexity index is 504. The third-order valence-electron chi connectivity index (χ3n) is 3.28. The summed E-state index contributed by atoms with van der Waals surface area (Å²) >= 11 is 0. The molecule has 0 atom stereocenters. The smallest absolute Gasteiger partial charge is 0.291 e. The van der Waals surface area contributed by atoms with Gasteiger partial charge in [-0.1, -0.05) is 0 Å². The third kappa shape index (κ3) is 4.40. The minimum atomic E-state index is -0.289. The van der Waals surface area contributed by atoms with E-state index >= 15 is 0 Å². The van der Waals surface area contributed by atoms with Crippen LogP contribution in [0.2, 0.25) is 0 Å². The normalized spacial score (nSPS) is 15.6. The Morgan fingerprint density at radius 2 is 2.24 bits per heavy atom. The van der Waals surface area contributed by atoms with Gasteiger partial charge in [-0.3, -0.25) is 14.8 Å². The summed E-state index contributed by atoms with van der Waals surface area (Å²) in [5.41, 5.74) is 5.41. The number of H-pyrrole nitrogens is 1. The molecule has 0 spiro atoms. The monoisotopic (exact) mass is 293 g/mol. The number of anilines is 1. The molecule has 1 fully saturated rings. The number of nitrogens with one attached hydrogen (secondary N) is 1. The maximum absolute atomic E-state index is 12.3. The first kappa shape index (κ1) is 15.2. The van der Waals surface area contributed by atoms with E-state index in [2.05, 4.69) is 20.1 Å². The molecule has 2 rings (SSSR count). The summed E-state index contributed by atoms with van der Waals surface area (Å²) in [6.07, 6.45) is 0.276. The van der Waals surface area contributed by atoms with E-state index in [0.29, 0.717) is 26.3 Å². The lowest BCUT2D eigenvalue weighted by Crippen LogP contribution is -2.43. The summed E-state index contributed by atoms with van der Waals surface area (Å²) in [6, 6.07) is 2.05. The topological polar surface area (TPSA) is 124 Å². The fraction of sp³-hybridized carbons (Fsp3) is 0.667. The highest BCUT2D eigenvalue weighted by molar-refractivity contribution is 5.90. The molecule has 1 saturated heterocycles. The standard InChI is InChI=1S/C12H19N7O2/c13-2-1-3-19(5-4-18-6-8-21-9-7-18)11(20)10-15-12(14)17-16-10/h1,3-9H2,(H3,14,15,16,17). The van der Waals surface area contributed by atoms with Crippen molar-refractivity contribution in [1.29, 1.82) is 5.26 Å². The molecule has 1 aliphatic heterocycles. The fourth-order valence-corrected chi connectivity index (χ4v) is 2.11. The van der Waals surface area contributed by atoms with Crippen LogP contribution in [0, 0.1) is 11.3 Å². The molecule has 114 valence electrons. The Balaban J connectivity index is 1.93. The van der Waals surface area contributed by atoms with Gasteiger partial charge in [0.1, 0.15) is 0 Å². The number of carbonyl (C=O) groups is 1. The Labute approximate surface area is 122 Å². The molecule has 1 aromatic rings. The van der Waals surface area contributed by atoms with Crippen molar-refractivity contribution in [2.45, 2.75) is 6.42 Å². The molecule has 21 heavy (non-hydrogen) atoms. The van der Waals surface area contributed by atoms with E-state index in [1.54, 1.807) is 4.90 Å². The molecule has 9 heteroatoms. The molecular formula is C12H19N7O2. The van der Waals surface area contributed by atoms with Crippen molar-refractivity contribution >= 4 is 11.9 Å². The summed E-state index contributed by atoms with van der Waals surface area (Å²) in [4.78, 5) is 20.0. The van der Waals surface area contributed by atoms with E-state index in [4.69, 9.17) is 15.7 Å². The molecule has 0 saturated carbocycles. The number of nitrogens with two attached hydrogens (primary N) is 1. The number of carbonyl (C=O) groups excluding carboxylic acids is 1. The number of nitrogen functional groups attached to an aromatic ring is 1. The van der Waals surface area contributed by atoms with E-state index in [1.807, 2.05) is 6.07 Å². The van der Waals surface area contributed by atoms with Crippen LogP contribution in [0.4, 0.5) is 5.95 Å². The van der Waals surface area contributed by atoms with Gasteiger partial charge < -0.3 is 15.4 Å². The average Bonchev–Trinajstić information content (AvgIpc) is 2.94. The van der Waals surface area contributed by atoms with Crippen LogP contribution in [-0.2, 0) is 4.74 Å². The fourth-order valence-electron chi connectivity index (χ4n) is 2.11. The Morgan fingerprint density at radius 1 is 1.48 bits per heavy atom. The summed E-state index contributed by atoms with van der Waals surface area (Å²) in [6.45, 7) is 4.77. The van der Waals surface area contributed by atoms with Gasteiger partial charge in [-0.15, -0.1) is 5.10 Å². The molecule has 1 aromatic heterocycles. The molecule has 0 aliphatic carbocycles. The lowest BCUT2D eigenvalue weighted by Gasteiger charge is -2.29. The van der Waals surface area contributed by atoms with E-state index in [9.17, 15) is 4.79 Å². The van der Waals surface area contributed by atoms with Crippen LogP contribution >= 0.6 is 0 Å². The number of morpholine rings is 1. The lowest BCUT2D eigenvalue weighted by atomic mass is 10.3. The van der Waals surface area contributed by atoms with Crippen molar-refractivity contribution in [2.24, 2.45) is 0 Å². The number of hydrogen-bond donors (Lipinski definition) is 2. The van der Waals surface area contributed by atoms with Crippen molar-refractivity contribution in [3.05, 3.63) is 5.82 Å². The second-order valence-electron chi connectivity index (χ2n) is 4.70. The number of nitrogens with zero attached hydrogens (tertiary/aromatic N) is 5. The van der Waals surface area contributed by atoms with Gasteiger partial charge in [-0.05, 0) is 0 Å². The summed E-state index contributed by atoms with van der Waals surface area (Å²) in [5.74, 6) is -0.151.